The van der Waals surface area contributed by atoms with Crippen LogP contribution in [-0.2, 0) is 6.54 Å². The number of nitrogens with one attached hydrogen (secondary N) is 1. The molecule has 3 aromatic rings. The zero-order valence-electron chi connectivity index (χ0n) is 14.6. The first-order valence-corrected chi connectivity index (χ1v) is 8.02. The predicted molar refractivity (Wildman–Crippen MR) is 94.4 cm³/mol. The average molecular weight is 351 g/mol. The van der Waals surface area contributed by atoms with Crippen molar-refractivity contribution in [2.75, 3.05) is 19.1 Å². The minimum Gasteiger partial charge on any atom is -0.496 e. The second-order valence-electron chi connectivity index (χ2n) is 5.92. The molecule has 8 heteroatoms. The van der Waals surface area contributed by atoms with Crippen molar-refractivity contribution < 1.29 is 14.3 Å². The molecule has 1 aliphatic heterocycles. The number of H-pyrrole nitrogens is 1. The molecule has 4 rings (SSSR count). The zero-order valence-corrected chi connectivity index (χ0v) is 14.6. The van der Waals surface area contributed by atoms with Crippen LogP contribution in [0.15, 0.2) is 30.7 Å². The number of carbonyl (C=O) groups excluding carboxylic acids is 1. The van der Waals surface area contributed by atoms with Crippen LogP contribution < -0.4 is 14.4 Å². The highest BCUT2D eigenvalue weighted by Crippen LogP contribution is 2.35. The van der Waals surface area contributed by atoms with E-state index in [-0.39, 0.29) is 5.91 Å². The summed E-state index contributed by atoms with van der Waals surface area (Å²) in [6.45, 7) is 2.30. The number of aryl methyl sites for hydroxylation is 1. The van der Waals surface area contributed by atoms with Crippen molar-refractivity contribution in [1.29, 1.82) is 0 Å². The summed E-state index contributed by atoms with van der Waals surface area (Å²) in [5.74, 6) is 1.00. The molecule has 26 heavy (non-hydrogen) atoms. The molecule has 8 nitrogen and oxygen atoms in total. The lowest BCUT2D eigenvalue weighted by atomic mass is 10.0. The lowest BCUT2D eigenvalue weighted by Crippen LogP contribution is -2.22. The molecule has 1 aliphatic rings. The third kappa shape index (κ3) is 2.46. The van der Waals surface area contributed by atoms with Gasteiger partial charge in [0.25, 0.3) is 5.91 Å². The van der Waals surface area contributed by atoms with Crippen LogP contribution >= 0.6 is 0 Å². The van der Waals surface area contributed by atoms with Crippen LogP contribution in [0.1, 0.15) is 21.6 Å². The van der Waals surface area contributed by atoms with Gasteiger partial charge in [-0.2, -0.15) is 5.10 Å². The number of carbonyl (C=O) groups is 1. The van der Waals surface area contributed by atoms with E-state index in [0.29, 0.717) is 29.4 Å². The Kier molecular flexibility index (Phi) is 3.80. The van der Waals surface area contributed by atoms with Crippen LogP contribution in [0.2, 0.25) is 0 Å². The number of methoxy groups -OCH3 is 2. The van der Waals surface area contributed by atoms with Crippen LogP contribution in [0.5, 0.6) is 11.6 Å². The summed E-state index contributed by atoms with van der Waals surface area (Å²) in [4.78, 5) is 23.4. The van der Waals surface area contributed by atoms with Crippen molar-refractivity contribution in [3.63, 3.8) is 0 Å². The minimum absolute atomic E-state index is 0.0715. The molecule has 0 aliphatic carbocycles. The van der Waals surface area contributed by atoms with Gasteiger partial charge in [0.15, 0.2) is 0 Å². The molecule has 0 saturated carbocycles. The van der Waals surface area contributed by atoms with Gasteiger partial charge in [-0.15, -0.1) is 0 Å². The molecule has 0 saturated heterocycles. The maximum absolute atomic E-state index is 12.8. The van der Waals surface area contributed by atoms with Crippen LogP contribution in [0.3, 0.4) is 0 Å². The minimum atomic E-state index is -0.0715. The van der Waals surface area contributed by atoms with Crippen molar-refractivity contribution in [2.45, 2.75) is 13.5 Å². The third-order valence-corrected chi connectivity index (χ3v) is 4.40. The number of aromatic amines is 1. The van der Waals surface area contributed by atoms with Crippen molar-refractivity contribution >= 4 is 11.6 Å². The van der Waals surface area contributed by atoms with Gasteiger partial charge in [0, 0.05) is 18.5 Å². The van der Waals surface area contributed by atoms with E-state index in [1.807, 2.05) is 13.0 Å². The molecular weight excluding hydrogens is 334 g/mol. The Hall–Kier alpha value is -3.42. The molecule has 0 bridgehead atoms. The maximum Gasteiger partial charge on any atom is 0.260 e. The number of fused-ring (bicyclic) bond motifs is 1. The largest absolute Gasteiger partial charge is 0.496 e. The van der Waals surface area contributed by atoms with Gasteiger partial charge in [-0.05, 0) is 18.6 Å². The highest BCUT2D eigenvalue weighted by Gasteiger charge is 2.32. The summed E-state index contributed by atoms with van der Waals surface area (Å²) in [5, 5.41) is 6.65. The number of hydrogen-bond acceptors (Lipinski definition) is 6. The van der Waals surface area contributed by atoms with Gasteiger partial charge in [-0.25, -0.2) is 9.97 Å². The first-order valence-electron chi connectivity index (χ1n) is 8.02. The normalized spacial score (nSPS) is 13.0. The summed E-state index contributed by atoms with van der Waals surface area (Å²) in [6, 6.07) is 3.59. The Bertz CT molecular complexity index is 985. The van der Waals surface area contributed by atoms with Gasteiger partial charge >= 0.3 is 0 Å². The van der Waals surface area contributed by atoms with Crippen LogP contribution in [-0.4, -0.2) is 40.3 Å². The van der Waals surface area contributed by atoms with Gasteiger partial charge in [0.05, 0.1) is 55.2 Å². The van der Waals surface area contributed by atoms with Gasteiger partial charge in [-0.1, -0.05) is 0 Å². The van der Waals surface area contributed by atoms with Crippen molar-refractivity contribution in [1.82, 2.24) is 20.2 Å². The van der Waals surface area contributed by atoms with Gasteiger partial charge in [-0.3, -0.25) is 14.8 Å². The molecule has 3 aromatic heterocycles. The second kappa shape index (κ2) is 6.14. The van der Waals surface area contributed by atoms with Crippen LogP contribution in [0, 0.1) is 6.92 Å². The number of aromatic nitrogens is 4. The molecule has 0 radical (unpaired) electrons. The summed E-state index contributed by atoms with van der Waals surface area (Å²) in [5.41, 5.74) is 4.39. The fourth-order valence-electron chi connectivity index (χ4n) is 3.13. The van der Waals surface area contributed by atoms with Gasteiger partial charge < -0.3 is 9.47 Å². The van der Waals surface area contributed by atoms with Crippen molar-refractivity contribution in [3.05, 3.63) is 47.5 Å². The average Bonchev–Trinajstić information content (AvgIpc) is 3.29. The summed E-state index contributed by atoms with van der Waals surface area (Å²) >= 11 is 0. The highest BCUT2D eigenvalue weighted by molar-refractivity contribution is 6.10. The SMILES string of the molecule is COc1cc(OC)c(-c2cc(C)c3c(n2)CN(c2cn[nH]c2)C3=O)cn1. The highest BCUT2D eigenvalue weighted by atomic mass is 16.5. The second-order valence-corrected chi connectivity index (χ2v) is 5.92. The third-order valence-electron chi connectivity index (χ3n) is 4.40. The molecule has 1 amide bonds. The molecule has 0 unspecified atom stereocenters. The number of anilines is 1. The van der Waals surface area contributed by atoms with E-state index < -0.39 is 0 Å². The van der Waals surface area contributed by atoms with Gasteiger partial charge in [0.1, 0.15) is 5.75 Å². The summed E-state index contributed by atoms with van der Waals surface area (Å²) in [7, 11) is 3.14. The van der Waals surface area contributed by atoms with E-state index in [1.54, 1.807) is 43.8 Å². The first-order chi connectivity index (χ1) is 12.6. The first kappa shape index (κ1) is 16.1. The van der Waals surface area contributed by atoms with Gasteiger partial charge in [0.2, 0.25) is 5.88 Å². The molecule has 0 aromatic carbocycles. The number of rotatable bonds is 4. The Morgan fingerprint density at radius 2 is 2.04 bits per heavy atom. The van der Waals surface area contributed by atoms with Crippen LogP contribution in [0.25, 0.3) is 11.3 Å². The number of hydrogen-bond donors (Lipinski definition) is 1. The van der Waals surface area contributed by atoms with E-state index in [1.165, 1.54) is 0 Å². The fourth-order valence-corrected chi connectivity index (χ4v) is 3.13. The molecule has 4 heterocycles. The lowest BCUT2D eigenvalue weighted by Gasteiger charge is -2.11. The standard InChI is InChI=1S/C18H17N5O3/c1-10-4-13(12-8-19-16(26-3)5-15(12)25-2)22-14-9-23(18(24)17(10)14)11-6-20-21-7-11/h4-8H,9H2,1-3H3,(H,20,21). The smallest absolute Gasteiger partial charge is 0.260 e. The Morgan fingerprint density at radius 1 is 1.19 bits per heavy atom. The summed E-state index contributed by atoms with van der Waals surface area (Å²) in [6.07, 6.45) is 4.98. The van der Waals surface area contributed by atoms with E-state index in [0.717, 1.165) is 22.5 Å². The molecule has 0 fully saturated rings. The number of nitrogens with zero attached hydrogens (tertiary/aromatic N) is 4. The fraction of sp³-hybridized carbons (Fsp3) is 0.222. The maximum atomic E-state index is 12.8. The molecule has 0 spiro atoms. The van der Waals surface area contributed by atoms with Crippen molar-refractivity contribution in [3.8, 4) is 22.9 Å². The topological polar surface area (TPSA) is 93.2 Å². The van der Waals surface area contributed by atoms with E-state index in [2.05, 4.69) is 15.2 Å². The quantitative estimate of drug-likeness (QED) is 0.775. The molecule has 0 atom stereocenters. The molecule has 132 valence electrons. The molecular formula is C18H17N5O3. The predicted octanol–water partition coefficient (Wildman–Crippen LogP) is 2.35. The van der Waals surface area contributed by atoms with Crippen LogP contribution in [0.4, 0.5) is 5.69 Å². The Morgan fingerprint density at radius 3 is 2.73 bits per heavy atom. The van der Waals surface area contributed by atoms with E-state index in [9.17, 15) is 4.79 Å². The monoisotopic (exact) mass is 351 g/mol. The van der Waals surface area contributed by atoms with Crippen molar-refractivity contribution in [2.24, 2.45) is 0 Å². The Balaban J connectivity index is 1.78. The molecule has 1 N–H and O–H groups in total. The zero-order chi connectivity index (χ0) is 18.3. The lowest BCUT2D eigenvalue weighted by molar-refractivity contribution is 0.0996. The number of amides is 1. The summed E-state index contributed by atoms with van der Waals surface area (Å²) < 4.78 is 10.6. The van der Waals surface area contributed by atoms with E-state index >= 15 is 0 Å². The Labute approximate surface area is 149 Å². The number of ether oxygens (including phenoxy) is 2. The van der Waals surface area contributed by atoms with E-state index in [4.69, 9.17) is 14.5 Å². The number of pyridine rings is 2.